The van der Waals surface area contributed by atoms with Crippen molar-refractivity contribution in [3.05, 3.63) is 54.0 Å². The summed E-state index contributed by atoms with van der Waals surface area (Å²) in [5.74, 6) is 0.637. The smallest absolute Gasteiger partial charge is 0.360 e. The summed E-state index contributed by atoms with van der Waals surface area (Å²) >= 11 is 0. The lowest BCUT2D eigenvalue weighted by atomic mass is 10.2. The fourth-order valence-electron chi connectivity index (χ4n) is 1.98. The van der Waals surface area contributed by atoms with Gasteiger partial charge in [0, 0.05) is 17.6 Å². The van der Waals surface area contributed by atoms with Crippen molar-refractivity contribution in [1.29, 1.82) is 0 Å². The molecule has 6 nitrogen and oxygen atoms in total. The number of carbonyl (C=O) groups excluding carboxylic acids is 1. The molecule has 0 bridgehead atoms. The largest absolute Gasteiger partial charge is 0.486 e. The van der Waals surface area contributed by atoms with Crippen molar-refractivity contribution >= 4 is 16.9 Å². The number of carbonyl (C=O) groups is 1. The van der Waals surface area contributed by atoms with Crippen LogP contribution in [0, 0.1) is 0 Å². The molecule has 2 aromatic heterocycles. The second-order valence-corrected chi connectivity index (χ2v) is 4.55. The van der Waals surface area contributed by atoms with Crippen LogP contribution in [0.3, 0.4) is 0 Å². The molecule has 3 rings (SSSR count). The maximum Gasteiger partial charge on any atom is 0.360 e. The van der Waals surface area contributed by atoms with Crippen LogP contribution in [0.5, 0.6) is 5.75 Å². The molecule has 6 heteroatoms. The molecule has 112 valence electrons. The van der Waals surface area contributed by atoms with Crippen molar-refractivity contribution < 1.29 is 18.8 Å². The molecule has 0 aliphatic carbocycles. The van der Waals surface area contributed by atoms with Gasteiger partial charge >= 0.3 is 5.97 Å². The van der Waals surface area contributed by atoms with E-state index in [-0.39, 0.29) is 12.3 Å². The van der Waals surface area contributed by atoms with Crippen molar-refractivity contribution in [3.63, 3.8) is 0 Å². The molecule has 0 radical (unpaired) electrons. The first-order chi connectivity index (χ1) is 10.8. The van der Waals surface area contributed by atoms with Crippen molar-refractivity contribution in [3.8, 4) is 5.75 Å². The second-order valence-electron chi connectivity index (χ2n) is 4.55. The topological polar surface area (TPSA) is 74.5 Å². The summed E-state index contributed by atoms with van der Waals surface area (Å²) in [7, 11) is 0. The molecule has 0 unspecified atom stereocenters. The highest BCUT2D eigenvalue weighted by molar-refractivity contribution is 5.87. The van der Waals surface area contributed by atoms with Gasteiger partial charge in [-0.05, 0) is 31.2 Å². The predicted octanol–water partition coefficient (Wildman–Crippen LogP) is 2.98. The Morgan fingerprint density at radius 3 is 3.05 bits per heavy atom. The van der Waals surface area contributed by atoms with Crippen molar-refractivity contribution in [2.75, 3.05) is 6.61 Å². The fourth-order valence-corrected chi connectivity index (χ4v) is 1.98. The number of fused-ring (bicyclic) bond motifs is 1. The van der Waals surface area contributed by atoms with E-state index < -0.39 is 5.97 Å². The van der Waals surface area contributed by atoms with Gasteiger partial charge in [-0.1, -0.05) is 11.2 Å². The van der Waals surface area contributed by atoms with Gasteiger partial charge in [-0.2, -0.15) is 0 Å². The standard InChI is InChI=1S/C16H14N2O4/c1-2-20-16(19)15-9-13(22-18-15)10-21-12-5-6-14-11(8-12)4-3-7-17-14/h3-9H,2,10H2,1H3. The van der Waals surface area contributed by atoms with Gasteiger partial charge < -0.3 is 14.0 Å². The molecule has 0 saturated heterocycles. The molecule has 22 heavy (non-hydrogen) atoms. The number of pyridine rings is 1. The van der Waals surface area contributed by atoms with Crippen LogP contribution in [0.4, 0.5) is 0 Å². The molecule has 0 spiro atoms. The first kappa shape index (κ1) is 14.1. The van der Waals surface area contributed by atoms with Crippen LogP contribution >= 0.6 is 0 Å². The number of hydrogen-bond acceptors (Lipinski definition) is 6. The summed E-state index contributed by atoms with van der Waals surface area (Å²) in [6, 6.07) is 11.0. The molecule has 3 aromatic rings. The SMILES string of the molecule is CCOC(=O)c1cc(COc2ccc3ncccc3c2)on1. The lowest BCUT2D eigenvalue weighted by Crippen LogP contribution is -2.04. The Kier molecular flexibility index (Phi) is 4.00. The molecule has 0 aliphatic rings. The van der Waals surface area contributed by atoms with E-state index in [2.05, 4.69) is 10.1 Å². The highest BCUT2D eigenvalue weighted by atomic mass is 16.5. The second kappa shape index (κ2) is 6.26. The number of ether oxygens (including phenoxy) is 2. The van der Waals surface area contributed by atoms with E-state index in [1.807, 2.05) is 30.3 Å². The van der Waals surface area contributed by atoms with Crippen LogP contribution < -0.4 is 4.74 Å². The van der Waals surface area contributed by atoms with Crippen LogP contribution in [0.15, 0.2) is 47.1 Å². The molecular formula is C16H14N2O4. The summed E-state index contributed by atoms with van der Waals surface area (Å²) < 4.78 is 15.5. The van der Waals surface area contributed by atoms with Crippen LogP contribution in [-0.2, 0) is 11.3 Å². The first-order valence-electron chi connectivity index (χ1n) is 6.86. The maximum absolute atomic E-state index is 11.5. The first-order valence-corrected chi connectivity index (χ1v) is 6.86. The molecule has 0 amide bonds. The monoisotopic (exact) mass is 298 g/mol. The van der Waals surface area contributed by atoms with Gasteiger partial charge in [0.2, 0.25) is 0 Å². The molecule has 0 fully saturated rings. The third-order valence-corrected chi connectivity index (χ3v) is 3.00. The zero-order chi connectivity index (χ0) is 15.4. The number of rotatable bonds is 5. The van der Waals surface area contributed by atoms with Gasteiger partial charge in [-0.15, -0.1) is 0 Å². The summed E-state index contributed by atoms with van der Waals surface area (Å²) in [4.78, 5) is 15.7. The third kappa shape index (κ3) is 3.06. The number of benzene rings is 1. The Balaban J connectivity index is 1.67. The number of aromatic nitrogens is 2. The summed E-state index contributed by atoms with van der Waals surface area (Å²) in [6.45, 7) is 2.21. The Morgan fingerprint density at radius 1 is 1.27 bits per heavy atom. The Labute approximate surface area is 126 Å². The number of hydrogen-bond donors (Lipinski definition) is 0. The predicted molar refractivity (Wildman–Crippen MR) is 78.5 cm³/mol. The fraction of sp³-hybridized carbons (Fsp3) is 0.188. The van der Waals surface area contributed by atoms with Crippen LogP contribution in [0.2, 0.25) is 0 Å². The minimum atomic E-state index is -0.505. The lowest BCUT2D eigenvalue weighted by Gasteiger charge is -2.04. The van der Waals surface area contributed by atoms with Crippen LogP contribution in [0.25, 0.3) is 10.9 Å². The summed E-state index contributed by atoms with van der Waals surface area (Å²) in [6.07, 6.45) is 1.74. The van der Waals surface area contributed by atoms with Crippen molar-refractivity contribution in [2.45, 2.75) is 13.5 Å². The van der Waals surface area contributed by atoms with Gasteiger partial charge in [0.1, 0.15) is 12.4 Å². The highest BCUT2D eigenvalue weighted by Crippen LogP contribution is 2.20. The van der Waals surface area contributed by atoms with E-state index >= 15 is 0 Å². The zero-order valence-corrected chi connectivity index (χ0v) is 12.0. The van der Waals surface area contributed by atoms with E-state index in [1.54, 1.807) is 13.1 Å². The highest BCUT2D eigenvalue weighted by Gasteiger charge is 2.13. The van der Waals surface area contributed by atoms with E-state index in [9.17, 15) is 4.79 Å². The van der Waals surface area contributed by atoms with Crippen LogP contribution in [0.1, 0.15) is 23.2 Å². The molecule has 0 N–H and O–H groups in total. The summed E-state index contributed by atoms with van der Waals surface area (Å²) in [5.41, 5.74) is 1.04. The molecule has 0 saturated carbocycles. The van der Waals surface area contributed by atoms with Gasteiger partial charge in [0.05, 0.1) is 12.1 Å². The van der Waals surface area contributed by atoms with E-state index in [0.29, 0.717) is 18.1 Å². The molecular weight excluding hydrogens is 284 g/mol. The third-order valence-electron chi connectivity index (χ3n) is 3.00. The number of nitrogens with zero attached hydrogens (tertiary/aromatic N) is 2. The van der Waals surface area contributed by atoms with E-state index in [0.717, 1.165) is 10.9 Å². The van der Waals surface area contributed by atoms with E-state index in [4.69, 9.17) is 14.0 Å². The van der Waals surface area contributed by atoms with Crippen LogP contribution in [-0.4, -0.2) is 22.7 Å². The Morgan fingerprint density at radius 2 is 2.18 bits per heavy atom. The quantitative estimate of drug-likeness (QED) is 0.674. The normalized spacial score (nSPS) is 10.6. The minimum absolute atomic E-state index is 0.142. The zero-order valence-electron chi connectivity index (χ0n) is 12.0. The van der Waals surface area contributed by atoms with Crippen molar-refractivity contribution in [1.82, 2.24) is 10.1 Å². The Bertz CT molecular complexity index is 797. The van der Waals surface area contributed by atoms with Crippen molar-refractivity contribution in [2.24, 2.45) is 0 Å². The molecule has 2 heterocycles. The molecule has 0 atom stereocenters. The van der Waals surface area contributed by atoms with Gasteiger partial charge in [0.25, 0.3) is 0 Å². The van der Waals surface area contributed by atoms with E-state index in [1.165, 1.54) is 6.07 Å². The van der Waals surface area contributed by atoms with Gasteiger partial charge in [-0.25, -0.2) is 4.79 Å². The lowest BCUT2D eigenvalue weighted by molar-refractivity contribution is 0.0514. The molecule has 0 aliphatic heterocycles. The number of esters is 1. The molecule has 1 aromatic carbocycles. The summed E-state index contributed by atoms with van der Waals surface area (Å²) in [5, 5.41) is 4.65. The Hall–Kier alpha value is -2.89. The van der Waals surface area contributed by atoms with Gasteiger partial charge in [-0.3, -0.25) is 4.98 Å². The average Bonchev–Trinajstić information content (AvgIpc) is 3.02. The average molecular weight is 298 g/mol. The minimum Gasteiger partial charge on any atom is -0.486 e. The van der Waals surface area contributed by atoms with Gasteiger partial charge in [0.15, 0.2) is 11.5 Å². The maximum atomic E-state index is 11.5.